The smallest absolute Gasteiger partial charge is 0.657 e. The van der Waals surface area contributed by atoms with Crippen molar-refractivity contribution in [2.75, 3.05) is 6.54 Å². The van der Waals surface area contributed by atoms with Gasteiger partial charge in [-0.2, -0.15) is 0 Å². The van der Waals surface area contributed by atoms with Gasteiger partial charge in [0.1, 0.15) is 17.5 Å². The number of phenols is 1. The summed E-state index contributed by atoms with van der Waals surface area (Å²) in [6.45, 7) is 0.810. The molecule has 28 heavy (non-hydrogen) atoms. The SMILES string of the molecule is O=C(O)c1cc2ccccc2c(Br)c1O.OC1CCC(F)C2CCC[N-]C12.[Cu+]. The van der Waals surface area contributed by atoms with E-state index in [9.17, 15) is 19.4 Å². The van der Waals surface area contributed by atoms with Gasteiger partial charge < -0.3 is 20.6 Å². The van der Waals surface area contributed by atoms with E-state index in [1.54, 1.807) is 6.07 Å². The Hall–Kier alpha value is -1.18. The number of carboxylic acid groups (broad SMARTS) is 1. The Bertz CT molecular complexity index is 819. The number of hydrogen-bond acceptors (Lipinski definition) is 3. The van der Waals surface area contributed by atoms with Crippen molar-refractivity contribution in [2.45, 2.75) is 44.0 Å². The van der Waals surface area contributed by atoms with E-state index >= 15 is 0 Å². The number of aromatic hydroxyl groups is 1. The summed E-state index contributed by atoms with van der Waals surface area (Å²) in [5.74, 6) is -1.36. The molecule has 1 saturated heterocycles. The van der Waals surface area contributed by atoms with E-state index in [0.29, 0.717) is 17.3 Å². The van der Waals surface area contributed by atoms with Gasteiger partial charge in [-0.15, -0.1) is 12.6 Å². The first kappa shape index (κ1) is 23.1. The van der Waals surface area contributed by atoms with Crippen molar-refractivity contribution in [1.29, 1.82) is 0 Å². The van der Waals surface area contributed by atoms with Gasteiger partial charge in [-0.3, -0.25) is 0 Å². The molecule has 0 bridgehead atoms. The predicted molar refractivity (Wildman–Crippen MR) is 105 cm³/mol. The number of piperidine rings is 1. The largest absolute Gasteiger partial charge is 1.00 e. The minimum atomic E-state index is -1.14. The van der Waals surface area contributed by atoms with Gasteiger partial charge in [0.2, 0.25) is 0 Å². The number of benzene rings is 2. The summed E-state index contributed by atoms with van der Waals surface area (Å²) in [6, 6.07) is 8.61. The average Bonchev–Trinajstić information content (AvgIpc) is 2.68. The predicted octanol–water partition coefficient (Wildman–Crippen LogP) is 4.64. The second kappa shape index (κ2) is 10.0. The molecule has 1 saturated carbocycles. The maximum Gasteiger partial charge on any atom is 1.00 e. The second-order valence-electron chi connectivity index (χ2n) is 6.98. The van der Waals surface area contributed by atoms with Crippen LogP contribution in [0.2, 0.25) is 0 Å². The maximum atomic E-state index is 13.3. The number of carboxylic acids is 1. The molecule has 2 aliphatic rings. The zero-order chi connectivity index (χ0) is 19.6. The van der Waals surface area contributed by atoms with Crippen LogP contribution in [0.25, 0.3) is 16.1 Å². The Morgan fingerprint density at radius 2 is 1.93 bits per heavy atom. The molecule has 0 amide bonds. The van der Waals surface area contributed by atoms with Gasteiger partial charge in [0.15, 0.2) is 0 Å². The van der Waals surface area contributed by atoms with E-state index in [1.165, 1.54) is 6.07 Å². The van der Waals surface area contributed by atoms with Gasteiger partial charge in [0.25, 0.3) is 0 Å². The first-order valence-electron chi connectivity index (χ1n) is 9.02. The van der Waals surface area contributed by atoms with Crippen LogP contribution in [0.5, 0.6) is 5.75 Å². The normalized spacial score (nSPS) is 26.4. The van der Waals surface area contributed by atoms with Crippen molar-refractivity contribution < 1.29 is 41.6 Å². The van der Waals surface area contributed by atoms with E-state index in [1.807, 2.05) is 18.2 Å². The van der Waals surface area contributed by atoms with E-state index in [2.05, 4.69) is 21.2 Å². The Kier molecular flexibility index (Phi) is 8.28. The van der Waals surface area contributed by atoms with Crippen molar-refractivity contribution in [3.63, 3.8) is 0 Å². The molecule has 3 N–H and O–H groups in total. The van der Waals surface area contributed by atoms with Crippen LogP contribution in [0, 0.1) is 5.92 Å². The molecule has 5 nitrogen and oxygen atoms in total. The van der Waals surface area contributed by atoms with Crippen LogP contribution in [-0.2, 0) is 17.1 Å². The molecule has 8 heteroatoms. The minimum Gasteiger partial charge on any atom is -0.657 e. The standard InChI is InChI=1S/C11H7BrO3.C9H15FNO.Cu/c12-9-7-4-2-1-3-6(7)5-8(10(9)13)11(14)15;10-7-3-4-8(12)9-6(7)2-1-5-11-9;/h1-5,13H,(H,14,15);6-9,12H,1-5H2;/q;-1;+1. The molecule has 2 aromatic rings. The Labute approximate surface area is 181 Å². The van der Waals surface area contributed by atoms with Crippen molar-refractivity contribution in [2.24, 2.45) is 5.92 Å². The number of fused-ring (bicyclic) bond motifs is 2. The number of alkyl halides is 1. The van der Waals surface area contributed by atoms with Gasteiger partial charge >= 0.3 is 23.0 Å². The molecule has 0 spiro atoms. The minimum absolute atomic E-state index is 0. The molecule has 1 aliphatic carbocycles. The molecule has 2 aromatic carbocycles. The maximum absolute atomic E-state index is 13.3. The van der Waals surface area contributed by atoms with E-state index < -0.39 is 12.1 Å². The molecule has 1 aliphatic heterocycles. The zero-order valence-corrected chi connectivity index (χ0v) is 17.5. The quantitative estimate of drug-likeness (QED) is 0.496. The summed E-state index contributed by atoms with van der Waals surface area (Å²) in [7, 11) is 0. The summed E-state index contributed by atoms with van der Waals surface area (Å²) in [5.41, 5.74) is -0.0967. The van der Waals surface area contributed by atoms with Crippen molar-refractivity contribution >= 4 is 32.7 Å². The summed E-state index contributed by atoms with van der Waals surface area (Å²) in [4.78, 5) is 10.8. The summed E-state index contributed by atoms with van der Waals surface area (Å²) in [6.07, 6.45) is 1.93. The number of rotatable bonds is 1. The van der Waals surface area contributed by atoms with Crippen molar-refractivity contribution in [1.82, 2.24) is 0 Å². The molecule has 4 atom stereocenters. The van der Waals surface area contributed by atoms with E-state index in [0.717, 1.165) is 30.2 Å². The molecule has 4 rings (SSSR count). The van der Waals surface area contributed by atoms with Gasteiger partial charge in [0.05, 0.1) is 4.47 Å². The fraction of sp³-hybridized carbons (Fsp3) is 0.450. The van der Waals surface area contributed by atoms with Gasteiger partial charge in [0, 0.05) is 6.10 Å². The number of aliphatic hydroxyl groups is 1. The molecule has 0 aromatic heterocycles. The van der Waals surface area contributed by atoms with Crippen LogP contribution >= 0.6 is 15.9 Å². The van der Waals surface area contributed by atoms with Gasteiger partial charge in [-0.25, -0.2) is 9.18 Å². The average molecular weight is 503 g/mol. The van der Waals surface area contributed by atoms with Crippen LogP contribution in [-0.4, -0.2) is 46.2 Å². The van der Waals surface area contributed by atoms with Crippen LogP contribution in [0.3, 0.4) is 0 Å². The van der Waals surface area contributed by atoms with E-state index in [4.69, 9.17) is 5.11 Å². The number of aliphatic hydroxyl groups excluding tert-OH is 1. The summed E-state index contributed by atoms with van der Waals surface area (Å²) < 4.78 is 13.7. The van der Waals surface area contributed by atoms with Crippen LogP contribution in [0.15, 0.2) is 34.8 Å². The molecule has 156 valence electrons. The fourth-order valence-corrected chi connectivity index (χ4v) is 4.42. The molecule has 2 fully saturated rings. The number of hydrogen-bond donors (Lipinski definition) is 3. The Morgan fingerprint density at radius 1 is 1.21 bits per heavy atom. The third-order valence-electron chi connectivity index (χ3n) is 5.26. The van der Waals surface area contributed by atoms with Crippen molar-refractivity contribution in [3.8, 4) is 5.75 Å². The molecule has 1 heterocycles. The molecular formula is C20H22BrCuFNO4. The third-order valence-corrected chi connectivity index (χ3v) is 6.06. The van der Waals surface area contributed by atoms with Gasteiger partial charge in [-0.1, -0.05) is 37.1 Å². The van der Waals surface area contributed by atoms with Crippen molar-refractivity contribution in [3.05, 3.63) is 45.7 Å². The third kappa shape index (κ3) is 4.86. The molecule has 0 radical (unpaired) electrons. The molecule has 4 unspecified atom stereocenters. The Balaban J connectivity index is 0.000000198. The number of nitrogens with zero attached hydrogens (tertiary/aromatic N) is 1. The number of aromatic carboxylic acids is 1. The first-order chi connectivity index (χ1) is 12.9. The second-order valence-corrected chi connectivity index (χ2v) is 7.77. The first-order valence-corrected chi connectivity index (χ1v) is 9.81. The number of halogens is 2. The van der Waals surface area contributed by atoms with Gasteiger partial charge in [-0.05, 0) is 51.5 Å². The summed E-state index contributed by atoms with van der Waals surface area (Å²) >= 11 is 3.19. The molecular weight excluding hydrogens is 481 g/mol. The van der Waals surface area contributed by atoms with E-state index in [-0.39, 0.29) is 46.4 Å². The Morgan fingerprint density at radius 3 is 2.61 bits per heavy atom. The summed E-state index contributed by atoms with van der Waals surface area (Å²) in [5, 5.41) is 33.9. The monoisotopic (exact) mass is 501 g/mol. The topological polar surface area (TPSA) is 91.9 Å². The van der Waals surface area contributed by atoms with Crippen LogP contribution in [0.4, 0.5) is 4.39 Å². The van der Waals surface area contributed by atoms with Crippen LogP contribution < -0.4 is 0 Å². The number of carbonyl (C=O) groups is 1. The zero-order valence-electron chi connectivity index (χ0n) is 15.0. The van der Waals surface area contributed by atoms with Crippen LogP contribution in [0.1, 0.15) is 36.0 Å². The fourth-order valence-electron chi connectivity index (χ4n) is 3.85.